The first-order valence-corrected chi connectivity index (χ1v) is 5.43. The summed E-state index contributed by atoms with van der Waals surface area (Å²) in [5.41, 5.74) is 0. The largest absolute Gasteiger partial charge is 0.480 e. The molecule has 0 aromatic carbocycles. The second kappa shape index (κ2) is 6.05. The van der Waals surface area contributed by atoms with Gasteiger partial charge in [0.15, 0.2) is 0 Å². The molecule has 15 heavy (non-hydrogen) atoms. The number of hydrogen-bond donors (Lipinski definition) is 2. The summed E-state index contributed by atoms with van der Waals surface area (Å²) in [6.45, 7) is 7.36. The fourth-order valence-corrected chi connectivity index (χ4v) is 1.86. The molecule has 0 radical (unpaired) electrons. The number of carboxylic acid groups (broad SMARTS) is 1. The van der Waals surface area contributed by atoms with Crippen molar-refractivity contribution in [2.75, 3.05) is 32.8 Å². The molecule has 1 saturated heterocycles. The third kappa shape index (κ3) is 3.44. The molecule has 1 rings (SSSR count). The number of carbonyl (C=O) groups is 1. The Kier molecular flexibility index (Phi) is 5.01. The highest BCUT2D eigenvalue weighted by molar-refractivity contribution is 5.74. The van der Waals surface area contributed by atoms with Crippen LogP contribution < -0.4 is 5.32 Å². The first-order chi connectivity index (χ1) is 7.16. The van der Waals surface area contributed by atoms with Crippen molar-refractivity contribution in [2.24, 2.45) is 0 Å². The van der Waals surface area contributed by atoms with Crippen molar-refractivity contribution in [3.63, 3.8) is 0 Å². The van der Waals surface area contributed by atoms with E-state index in [0.29, 0.717) is 19.8 Å². The van der Waals surface area contributed by atoms with Crippen molar-refractivity contribution in [3.8, 4) is 0 Å². The summed E-state index contributed by atoms with van der Waals surface area (Å²) in [5, 5.41) is 12.2. The van der Waals surface area contributed by atoms with Crippen LogP contribution in [0.25, 0.3) is 0 Å². The van der Waals surface area contributed by atoms with Crippen molar-refractivity contribution in [3.05, 3.63) is 0 Å². The fourth-order valence-electron chi connectivity index (χ4n) is 1.86. The van der Waals surface area contributed by atoms with E-state index < -0.39 is 12.0 Å². The molecular formula is C10H20N2O3. The van der Waals surface area contributed by atoms with Gasteiger partial charge in [-0.2, -0.15) is 0 Å². The molecule has 0 spiro atoms. The van der Waals surface area contributed by atoms with Crippen LogP contribution in [-0.2, 0) is 9.53 Å². The summed E-state index contributed by atoms with van der Waals surface area (Å²) in [6.07, 6.45) is 0. The molecule has 5 nitrogen and oxygen atoms in total. The van der Waals surface area contributed by atoms with Gasteiger partial charge in [-0.3, -0.25) is 9.69 Å². The summed E-state index contributed by atoms with van der Waals surface area (Å²) in [4.78, 5) is 13.0. The van der Waals surface area contributed by atoms with Gasteiger partial charge in [0.05, 0.1) is 6.61 Å². The maximum Gasteiger partial charge on any atom is 0.322 e. The van der Waals surface area contributed by atoms with Crippen molar-refractivity contribution in [2.45, 2.75) is 25.9 Å². The molecule has 0 aliphatic carbocycles. The molecule has 0 aromatic heterocycles. The highest BCUT2D eigenvalue weighted by Crippen LogP contribution is 2.09. The summed E-state index contributed by atoms with van der Waals surface area (Å²) in [6, 6.07) is -0.262. The zero-order chi connectivity index (χ0) is 11.3. The molecule has 1 aliphatic rings. The minimum Gasteiger partial charge on any atom is -0.480 e. The maximum absolute atomic E-state index is 11.0. The fraction of sp³-hybridized carbons (Fsp3) is 0.900. The van der Waals surface area contributed by atoms with E-state index in [-0.39, 0.29) is 6.04 Å². The van der Waals surface area contributed by atoms with Crippen LogP contribution in [0.5, 0.6) is 0 Å². The van der Waals surface area contributed by atoms with Crippen molar-refractivity contribution in [1.82, 2.24) is 10.2 Å². The van der Waals surface area contributed by atoms with Gasteiger partial charge < -0.3 is 15.2 Å². The summed E-state index contributed by atoms with van der Waals surface area (Å²) in [7, 11) is 0. The van der Waals surface area contributed by atoms with Gasteiger partial charge in [-0.15, -0.1) is 0 Å². The van der Waals surface area contributed by atoms with E-state index in [0.717, 1.165) is 13.1 Å². The normalized spacial score (nSPS) is 25.1. The summed E-state index contributed by atoms with van der Waals surface area (Å²) < 4.78 is 5.32. The lowest BCUT2D eigenvalue weighted by Gasteiger charge is -2.37. The lowest BCUT2D eigenvalue weighted by atomic mass is 10.1. The van der Waals surface area contributed by atoms with Crippen LogP contribution in [0, 0.1) is 0 Å². The third-order valence-corrected chi connectivity index (χ3v) is 2.70. The van der Waals surface area contributed by atoms with Crippen molar-refractivity contribution in [1.29, 1.82) is 0 Å². The van der Waals surface area contributed by atoms with Gasteiger partial charge in [0.1, 0.15) is 6.04 Å². The molecule has 2 atom stereocenters. The number of nitrogens with zero attached hydrogens (tertiary/aromatic N) is 1. The van der Waals surface area contributed by atoms with Gasteiger partial charge in [0.25, 0.3) is 0 Å². The van der Waals surface area contributed by atoms with Crippen LogP contribution in [0.15, 0.2) is 0 Å². The Morgan fingerprint density at radius 3 is 3.07 bits per heavy atom. The number of ether oxygens (including phenoxy) is 1. The average Bonchev–Trinajstić information content (AvgIpc) is 2.25. The predicted molar refractivity (Wildman–Crippen MR) is 57.0 cm³/mol. The van der Waals surface area contributed by atoms with Gasteiger partial charge in [0.2, 0.25) is 0 Å². The van der Waals surface area contributed by atoms with Crippen LogP contribution in [0.2, 0.25) is 0 Å². The minimum absolute atomic E-state index is 0.160. The molecule has 2 unspecified atom stereocenters. The first-order valence-electron chi connectivity index (χ1n) is 5.43. The SMILES string of the molecule is CCOCC(C)N1CCNCC1C(=O)O. The third-order valence-electron chi connectivity index (χ3n) is 2.70. The lowest BCUT2D eigenvalue weighted by Crippen LogP contribution is -2.58. The highest BCUT2D eigenvalue weighted by atomic mass is 16.5. The minimum atomic E-state index is -0.759. The molecule has 1 heterocycles. The molecule has 88 valence electrons. The second-order valence-corrected chi connectivity index (χ2v) is 3.80. The van der Waals surface area contributed by atoms with E-state index in [9.17, 15) is 4.79 Å². The molecule has 0 aromatic rings. The monoisotopic (exact) mass is 216 g/mol. The number of hydrogen-bond acceptors (Lipinski definition) is 4. The molecule has 2 N–H and O–H groups in total. The van der Waals surface area contributed by atoms with E-state index in [1.54, 1.807) is 0 Å². The first kappa shape index (κ1) is 12.4. The van der Waals surface area contributed by atoms with Gasteiger partial charge >= 0.3 is 5.97 Å². The molecule has 1 fully saturated rings. The van der Waals surface area contributed by atoms with Crippen molar-refractivity contribution >= 4 is 5.97 Å². The maximum atomic E-state index is 11.0. The Hall–Kier alpha value is -0.650. The smallest absolute Gasteiger partial charge is 0.322 e. The van der Waals surface area contributed by atoms with E-state index in [1.165, 1.54) is 0 Å². The quantitative estimate of drug-likeness (QED) is 0.664. The van der Waals surface area contributed by atoms with Gasteiger partial charge in [-0.05, 0) is 13.8 Å². The molecule has 1 aliphatic heterocycles. The Bertz CT molecular complexity index is 211. The predicted octanol–water partition coefficient (Wildman–Crippen LogP) is -0.230. The van der Waals surface area contributed by atoms with Crippen LogP contribution in [-0.4, -0.2) is 60.9 Å². The Morgan fingerprint density at radius 1 is 1.73 bits per heavy atom. The summed E-state index contributed by atoms with van der Waals surface area (Å²) in [5.74, 6) is -0.759. The van der Waals surface area contributed by atoms with E-state index >= 15 is 0 Å². The van der Waals surface area contributed by atoms with Crippen LogP contribution in [0.1, 0.15) is 13.8 Å². The molecule has 0 amide bonds. The Morgan fingerprint density at radius 2 is 2.47 bits per heavy atom. The number of piperazine rings is 1. The van der Waals surface area contributed by atoms with Crippen LogP contribution in [0.4, 0.5) is 0 Å². The lowest BCUT2D eigenvalue weighted by molar-refractivity contribution is -0.145. The zero-order valence-electron chi connectivity index (χ0n) is 9.40. The number of nitrogens with one attached hydrogen (secondary N) is 1. The Labute approximate surface area is 90.4 Å². The zero-order valence-corrected chi connectivity index (χ0v) is 9.40. The number of rotatable bonds is 5. The van der Waals surface area contributed by atoms with Gasteiger partial charge in [0, 0.05) is 32.3 Å². The van der Waals surface area contributed by atoms with Gasteiger partial charge in [-0.25, -0.2) is 0 Å². The average molecular weight is 216 g/mol. The molecule has 0 bridgehead atoms. The van der Waals surface area contributed by atoms with Crippen molar-refractivity contribution < 1.29 is 14.6 Å². The van der Waals surface area contributed by atoms with Crippen LogP contribution >= 0.6 is 0 Å². The molecular weight excluding hydrogens is 196 g/mol. The van der Waals surface area contributed by atoms with E-state index in [2.05, 4.69) is 5.32 Å². The standard InChI is InChI=1S/C10H20N2O3/c1-3-15-7-8(2)12-5-4-11-6-9(12)10(13)14/h8-9,11H,3-7H2,1-2H3,(H,13,14). The second-order valence-electron chi connectivity index (χ2n) is 3.80. The molecule has 0 saturated carbocycles. The molecule has 5 heteroatoms. The van der Waals surface area contributed by atoms with Gasteiger partial charge in [-0.1, -0.05) is 0 Å². The Balaban J connectivity index is 2.51. The number of aliphatic carboxylic acids is 1. The summed E-state index contributed by atoms with van der Waals surface area (Å²) >= 11 is 0. The van der Waals surface area contributed by atoms with Crippen LogP contribution in [0.3, 0.4) is 0 Å². The topological polar surface area (TPSA) is 61.8 Å². The highest BCUT2D eigenvalue weighted by Gasteiger charge is 2.31. The number of carboxylic acids is 1. The van der Waals surface area contributed by atoms with E-state index in [4.69, 9.17) is 9.84 Å². The van der Waals surface area contributed by atoms with E-state index in [1.807, 2.05) is 18.7 Å².